The Morgan fingerprint density at radius 1 is 1.50 bits per heavy atom. The van der Waals surface area contributed by atoms with Gasteiger partial charge in [0.25, 0.3) is 0 Å². The van der Waals surface area contributed by atoms with Gasteiger partial charge in [-0.25, -0.2) is 4.98 Å². The zero-order chi connectivity index (χ0) is 10.3. The van der Waals surface area contributed by atoms with Gasteiger partial charge in [0, 0.05) is 30.9 Å². The topological polar surface area (TPSA) is 43.8 Å². The maximum Gasteiger partial charge on any atom is 0.449 e. The van der Waals surface area contributed by atoms with Crippen LogP contribution in [0.1, 0.15) is 17.9 Å². The maximum absolute atomic E-state index is 12.4. The predicted octanol–water partition coefficient (Wildman–Crippen LogP) is 1.18. The Morgan fingerprint density at radius 3 is 2.86 bits per heavy atom. The number of fused-ring (bicyclic) bond motifs is 1. The lowest BCUT2D eigenvalue weighted by Gasteiger charge is -2.22. The highest BCUT2D eigenvalue weighted by Crippen LogP contribution is 2.30. The minimum absolute atomic E-state index is 0.0414. The quantitative estimate of drug-likeness (QED) is 0.691. The molecular weight excluding hydrogens is 195 g/mol. The van der Waals surface area contributed by atoms with Crippen molar-refractivity contribution in [1.29, 1.82) is 0 Å². The fraction of sp³-hybridized carbons (Fsp3) is 0.625. The molecule has 0 aromatic carbocycles. The van der Waals surface area contributed by atoms with Gasteiger partial charge in [-0.3, -0.25) is 0 Å². The molecule has 0 amide bonds. The number of hydrogen-bond donors (Lipinski definition) is 1. The first-order chi connectivity index (χ1) is 6.48. The van der Waals surface area contributed by atoms with Crippen molar-refractivity contribution >= 4 is 0 Å². The molecule has 3 nitrogen and oxygen atoms in total. The largest absolute Gasteiger partial charge is 0.449 e. The van der Waals surface area contributed by atoms with Crippen molar-refractivity contribution in [2.75, 3.05) is 0 Å². The molecule has 6 heteroatoms. The van der Waals surface area contributed by atoms with Crippen molar-refractivity contribution in [2.45, 2.75) is 31.6 Å². The third-order valence-electron chi connectivity index (χ3n) is 2.39. The van der Waals surface area contributed by atoms with E-state index in [4.69, 9.17) is 5.73 Å². The average Bonchev–Trinajstić information content (AvgIpc) is 2.45. The zero-order valence-corrected chi connectivity index (χ0v) is 7.38. The molecule has 0 spiro atoms. The second kappa shape index (κ2) is 2.98. The van der Waals surface area contributed by atoms with Crippen LogP contribution in [0.25, 0.3) is 0 Å². The molecule has 2 rings (SSSR count). The molecule has 0 saturated carbocycles. The summed E-state index contributed by atoms with van der Waals surface area (Å²) in [5.41, 5.74) is 6.23. The molecular formula is C8H10F3N3. The Labute approximate surface area is 78.7 Å². The lowest BCUT2D eigenvalue weighted by Crippen LogP contribution is -2.32. The van der Waals surface area contributed by atoms with Crippen LogP contribution in [-0.4, -0.2) is 15.6 Å². The minimum Gasteiger partial charge on any atom is -0.327 e. The summed E-state index contributed by atoms with van der Waals surface area (Å²) in [5.74, 6) is -0.806. The molecule has 1 aromatic heterocycles. The van der Waals surface area contributed by atoms with E-state index in [2.05, 4.69) is 4.98 Å². The SMILES string of the molecule is NC1CCn2c(cnc2C(F)(F)F)C1. The summed E-state index contributed by atoms with van der Waals surface area (Å²) < 4.78 is 38.4. The highest BCUT2D eigenvalue weighted by Gasteiger charge is 2.38. The summed E-state index contributed by atoms with van der Waals surface area (Å²) in [4.78, 5) is 3.39. The van der Waals surface area contributed by atoms with Crippen LogP contribution in [-0.2, 0) is 19.1 Å². The summed E-state index contributed by atoms with van der Waals surface area (Å²) in [6.45, 7) is 0.311. The predicted molar refractivity (Wildman–Crippen MR) is 43.5 cm³/mol. The highest BCUT2D eigenvalue weighted by molar-refractivity contribution is 5.11. The lowest BCUT2D eigenvalue weighted by molar-refractivity contribution is -0.147. The van der Waals surface area contributed by atoms with E-state index in [0.717, 1.165) is 0 Å². The monoisotopic (exact) mass is 205 g/mol. The molecule has 2 heterocycles. The molecule has 0 aliphatic carbocycles. The van der Waals surface area contributed by atoms with Gasteiger partial charge in [-0.1, -0.05) is 0 Å². The van der Waals surface area contributed by atoms with Gasteiger partial charge in [0.15, 0.2) is 0 Å². The first kappa shape index (κ1) is 9.51. The fourth-order valence-corrected chi connectivity index (χ4v) is 1.72. The van der Waals surface area contributed by atoms with E-state index in [-0.39, 0.29) is 6.04 Å². The van der Waals surface area contributed by atoms with Crippen LogP contribution in [0.3, 0.4) is 0 Å². The van der Waals surface area contributed by atoms with E-state index in [1.165, 1.54) is 10.8 Å². The summed E-state index contributed by atoms with van der Waals surface area (Å²) >= 11 is 0. The van der Waals surface area contributed by atoms with Crippen molar-refractivity contribution in [2.24, 2.45) is 5.73 Å². The van der Waals surface area contributed by atoms with Crippen LogP contribution in [0, 0.1) is 0 Å². The van der Waals surface area contributed by atoms with Gasteiger partial charge in [0.05, 0.1) is 0 Å². The Balaban J connectivity index is 2.38. The summed E-state index contributed by atoms with van der Waals surface area (Å²) in [6, 6.07) is -0.0414. The standard InChI is InChI=1S/C8H10F3N3/c9-8(10,11)7-13-4-6-3-5(12)1-2-14(6)7/h4-5H,1-3,12H2. The second-order valence-electron chi connectivity index (χ2n) is 3.48. The number of hydrogen-bond acceptors (Lipinski definition) is 2. The number of imidazole rings is 1. The van der Waals surface area contributed by atoms with Crippen LogP contribution in [0.4, 0.5) is 13.2 Å². The van der Waals surface area contributed by atoms with Gasteiger partial charge in [0.2, 0.25) is 5.82 Å². The molecule has 14 heavy (non-hydrogen) atoms. The Morgan fingerprint density at radius 2 is 2.21 bits per heavy atom. The van der Waals surface area contributed by atoms with Crippen LogP contribution >= 0.6 is 0 Å². The van der Waals surface area contributed by atoms with Crippen molar-refractivity contribution < 1.29 is 13.2 Å². The maximum atomic E-state index is 12.4. The molecule has 0 bridgehead atoms. The van der Waals surface area contributed by atoms with Gasteiger partial charge in [-0.2, -0.15) is 13.2 Å². The van der Waals surface area contributed by atoms with Crippen LogP contribution in [0.2, 0.25) is 0 Å². The highest BCUT2D eigenvalue weighted by atomic mass is 19.4. The summed E-state index contributed by atoms with van der Waals surface area (Å²) in [7, 11) is 0. The minimum atomic E-state index is -4.36. The molecule has 78 valence electrons. The van der Waals surface area contributed by atoms with Crippen molar-refractivity contribution in [3.05, 3.63) is 17.7 Å². The number of nitrogens with zero attached hydrogens (tertiary/aromatic N) is 2. The number of halogens is 3. The number of rotatable bonds is 0. The van der Waals surface area contributed by atoms with Crippen LogP contribution in [0.15, 0.2) is 6.20 Å². The van der Waals surface area contributed by atoms with Gasteiger partial charge >= 0.3 is 6.18 Å². The zero-order valence-electron chi connectivity index (χ0n) is 7.38. The van der Waals surface area contributed by atoms with E-state index in [0.29, 0.717) is 25.1 Å². The molecule has 0 radical (unpaired) electrons. The van der Waals surface area contributed by atoms with E-state index < -0.39 is 12.0 Å². The number of nitrogens with two attached hydrogens (primary N) is 1. The number of alkyl halides is 3. The normalized spacial score (nSPS) is 22.1. The molecule has 1 aliphatic rings. The van der Waals surface area contributed by atoms with Gasteiger partial charge in [-0.15, -0.1) is 0 Å². The van der Waals surface area contributed by atoms with Gasteiger partial charge in [0.1, 0.15) is 0 Å². The molecule has 1 unspecified atom stereocenters. The Bertz CT molecular complexity index is 342. The van der Waals surface area contributed by atoms with Crippen LogP contribution in [0.5, 0.6) is 0 Å². The summed E-state index contributed by atoms with van der Waals surface area (Å²) in [6.07, 6.45) is -2.04. The lowest BCUT2D eigenvalue weighted by atomic mass is 10.1. The van der Waals surface area contributed by atoms with Crippen molar-refractivity contribution in [1.82, 2.24) is 9.55 Å². The molecule has 1 aromatic rings. The molecule has 2 N–H and O–H groups in total. The first-order valence-corrected chi connectivity index (χ1v) is 4.35. The third kappa shape index (κ3) is 1.50. The van der Waals surface area contributed by atoms with E-state index in [1.807, 2.05) is 0 Å². The number of aromatic nitrogens is 2. The smallest absolute Gasteiger partial charge is 0.327 e. The fourth-order valence-electron chi connectivity index (χ4n) is 1.72. The third-order valence-corrected chi connectivity index (χ3v) is 2.39. The van der Waals surface area contributed by atoms with Crippen molar-refractivity contribution in [3.63, 3.8) is 0 Å². The van der Waals surface area contributed by atoms with Gasteiger partial charge in [-0.05, 0) is 6.42 Å². The molecule has 1 atom stereocenters. The van der Waals surface area contributed by atoms with Crippen LogP contribution < -0.4 is 5.73 Å². The first-order valence-electron chi connectivity index (χ1n) is 4.35. The second-order valence-corrected chi connectivity index (χ2v) is 3.48. The van der Waals surface area contributed by atoms with E-state index >= 15 is 0 Å². The van der Waals surface area contributed by atoms with Crippen molar-refractivity contribution in [3.8, 4) is 0 Å². The Hall–Kier alpha value is -1.04. The van der Waals surface area contributed by atoms with E-state index in [1.54, 1.807) is 0 Å². The molecule has 1 aliphatic heterocycles. The average molecular weight is 205 g/mol. The molecule has 0 saturated heterocycles. The molecule has 0 fully saturated rings. The summed E-state index contributed by atoms with van der Waals surface area (Å²) in [5, 5.41) is 0. The van der Waals surface area contributed by atoms with Gasteiger partial charge < -0.3 is 10.3 Å². The Kier molecular flexibility index (Phi) is 2.02. The van der Waals surface area contributed by atoms with E-state index in [9.17, 15) is 13.2 Å².